The minimum Gasteiger partial charge on any atom is -0.434 e. The number of benzene rings is 1. The molecule has 0 saturated heterocycles. The van der Waals surface area contributed by atoms with Gasteiger partial charge in [-0.3, -0.25) is 0 Å². The first-order valence-electron chi connectivity index (χ1n) is 7.56. The Labute approximate surface area is 145 Å². The Balaban J connectivity index is 0. The lowest BCUT2D eigenvalue weighted by Gasteiger charge is -2.08. The molecule has 0 bridgehead atoms. The Morgan fingerprint density at radius 3 is 2.09 bits per heavy atom. The summed E-state index contributed by atoms with van der Waals surface area (Å²) < 4.78 is 29.0. The molecule has 0 radical (unpaired) electrons. The summed E-state index contributed by atoms with van der Waals surface area (Å²) in [4.78, 5) is 4.04. The number of halogens is 3. The van der Waals surface area contributed by atoms with Gasteiger partial charge in [-0.1, -0.05) is 41.5 Å². The number of ether oxygens (including phenoxy) is 1. The van der Waals surface area contributed by atoms with Crippen molar-refractivity contribution in [2.75, 3.05) is 0 Å². The van der Waals surface area contributed by atoms with E-state index in [4.69, 9.17) is 5.26 Å². The Bertz CT molecular complexity index is 613. The number of hydrogen-bond donors (Lipinski definition) is 0. The molecular weight excluding hydrogens is 366 g/mol. The van der Waals surface area contributed by atoms with Crippen LogP contribution in [0.5, 0.6) is 5.75 Å². The normalized spacial score (nSPS) is 8.57. The molecule has 0 unspecified atom stereocenters. The molecule has 2 rings (SSSR count). The van der Waals surface area contributed by atoms with E-state index in [1.54, 1.807) is 6.07 Å². The molecule has 2 aromatic rings. The molecule has 0 aliphatic rings. The lowest BCUT2D eigenvalue weighted by atomic mass is 10.2. The number of aromatic nitrogens is 1. The van der Waals surface area contributed by atoms with E-state index in [1.807, 2.05) is 47.6 Å². The van der Waals surface area contributed by atoms with Crippen molar-refractivity contribution < 1.29 is 13.5 Å². The largest absolute Gasteiger partial charge is 0.434 e. The third kappa shape index (κ3) is 7.38. The Morgan fingerprint density at radius 2 is 1.61 bits per heavy atom. The van der Waals surface area contributed by atoms with Gasteiger partial charge in [0, 0.05) is 5.39 Å². The maximum absolute atomic E-state index is 12.1. The topological polar surface area (TPSA) is 45.9 Å². The molecular formula is C17H23BrF2N2O. The smallest absolute Gasteiger partial charge is 0.387 e. The summed E-state index contributed by atoms with van der Waals surface area (Å²) in [5, 5.41) is 9.30. The summed E-state index contributed by atoms with van der Waals surface area (Å²) in [6, 6.07) is 7.96. The predicted molar refractivity (Wildman–Crippen MR) is 94.8 cm³/mol. The van der Waals surface area contributed by atoms with Crippen LogP contribution in [-0.2, 0) is 0 Å². The van der Waals surface area contributed by atoms with Crippen LogP contribution in [0.1, 0.15) is 47.2 Å². The Hall–Kier alpha value is -1.74. The second-order valence-corrected chi connectivity index (χ2v) is 3.92. The molecule has 1 aromatic carbocycles. The van der Waals surface area contributed by atoms with Gasteiger partial charge in [0.05, 0.1) is 9.99 Å². The molecule has 1 aromatic heterocycles. The molecule has 1 heterocycles. The van der Waals surface area contributed by atoms with Crippen LogP contribution in [0.2, 0.25) is 0 Å². The van der Waals surface area contributed by atoms with Crippen molar-refractivity contribution in [3.8, 4) is 11.8 Å². The number of hydrogen-bond acceptors (Lipinski definition) is 3. The number of nitriles is 1. The van der Waals surface area contributed by atoms with Gasteiger partial charge >= 0.3 is 6.61 Å². The zero-order chi connectivity index (χ0) is 18.4. The highest BCUT2D eigenvalue weighted by Gasteiger charge is 2.11. The van der Waals surface area contributed by atoms with Crippen LogP contribution >= 0.6 is 15.9 Å². The summed E-state index contributed by atoms with van der Waals surface area (Å²) >= 11 is 3.18. The zero-order valence-electron chi connectivity index (χ0n) is 14.3. The molecule has 23 heavy (non-hydrogen) atoms. The summed E-state index contributed by atoms with van der Waals surface area (Å²) in [5.41, 5.74) is 0.810. The molecule has 128 valence electrons. The van der Waals surface area contributed by atoms with Crippen molar-refractivity contribution in [2.24, 2.45) is 0 Å². The number of alkyl halides is 2. The second kappa shape index (κ2) is 13.9. The SMILES string of the molecule is CC.CC.CC.N#Cc1ccc2c(Br)c(OC(F)F)ccc2n1. The molecule has 0 amide bonds. The van der Waals surface area contributed by atoms with Gasteiger partial charge in [-0.2, -0.15) is 14.0 Å². The van der Waals surface area contributed by atoms with E-state index in [0.29, 0.717) is 15.4 Å². The molecule has 0 saturated carbocycles. The van der Waals surface area contributed by atoms with Crippen molar-refractivity contribution in [3.63, 3.8) is 0 Å². The highest BCUT2D eigenvalue weighted by Crippen LogP contribution is 2.33. The van der Waals surface area contributed by atoms with Crippen molar-refractivity contribution in [2.45, 2.75) is 48.2 Å². The van der Waals surface area contributed by atoms with Gasteiger partial charge in [0.15, 0.2) is 0 Å². The van der Waals surface area contributed by atoms with Crippen molar-refractivity contribution in [1.82, 2.24) is 4.98 Å². The van der Waals surface area contributed by atoms with Crippen LogP contribution in [0, 0.1) is 11.3 Å². The first-order chi connectivity index (χ1) is 11.1. The first-order valence-corrected chi connectivity index (χ1v) is 8.35. The standard InChI is InChI=1S/C11H5BrF2N2O.3C2H6/c12-10-7-2-1-6(5-15)16-8(7)3-4-9(10)17-11(13)14;3*1-2/h1-4,11H;3*1-2H3. The fourth-order valence-electron chi connectivity index (χ4n) is 1.40. The predicted octanol–water partition coefficient (Wildman–Crippen LogP) is 6.55. The van der Waals surface area contributed by atoms with E-state index >= 15 is 0 Å². The molecule has 0 fully saturated rings. The average molecular weight is 389 g/mol. The third-order valence-electron chi connectivity index (χ3n) is 2.10. The minimum absolute atomic E-state index is 0.0407. The van der Waals surface area contributed by atoms with E-state index in [1.165, 1.54) is 18.2 Å². The fraction of sp³-hybridized carbons (Fsp3) is 0.412. The van der Waals surface area contributed by atoms with Crippen molar-refractivity contribution in [1.29, 1.82) is 5.26 Å². The highest BCUT2D eigenvalue weighted by molar-refractivity contribution is 9.10. The van der Waals surface area contributed by atoms with Gasteiger partial charge in [-0.15, -0.1) is 0 Å². The number of fused-ring (bicyclic) bond motifs is 1. The van der Waals surface area contributed by atoms with Crippen LogP contribution in [0.4, 0.5) is 8.78 Å². The Kier molecular flexibility index (Phi) is 14.2. The molecule has 0 N–H and O–H groups in total. The van der Waals surface area contributed by atoms with E-state index in [-0.39, 0.29) is 11.4 Å². The van der Waals surface area contributed by atoms with Gasteiger partial charge in [-0.25, -0.2) is 4.98 Å². The summed E-state index contributed by atoms with van der Waals surface area (Å²) in [6.07, 6.45) is 0. The molecule has 0 atom stereocenters. The van der Waals surface area contributed by atoms with Gasteiger partial charge in [0.2, 0.25) is 0 Å². The quantitative estimate of drug-likeness (QED) is 0.585. The maximum atomic E-state index is 12.1. The molecule has 0 aliphatic carbocycles. The molecule has 6 heteroatoms. The number of pyridine rings is 1. The third-order valence-corrected chi connectivity index (χ3v) is 2.92. The minimum atomic E-state index is -2.88. The van der Waals surface area contributed by atoms with Crippen LogP contribution in [0.25, 0.3) is 10.9 Å². The number of rotatable bonds is 2. The monoisotopic (exact) mass is 388 g/mol. The lowest BCUT2D eigenvalue weighted by molar-refractivity contribution is -0.0502. The summed E-state index contributed by atoms with van der Waals surface area (Å²) in [5.74, 6) is 0.0407. The first kappa shape index (κ1) is 23.5. The van der Waals surface area contributed by atoms with Gasteiger partial charge in [-0.05, 0) is 40.2 Å². The number of nitrogens with zero attached hydrogens (tertiary/aromatic N) is 2. The van der Waals surface area contributed by atoms with E-state index in [9.17, 15) is 8.78 Å². The van der Waals surface area contributed by atoms with Gasteiger partial charge < -0.3 is 4.74 Å². The van der Waals surface area contributed by atoms with Gasteiger partial charge in [0.25, 0.3) is 0 Å². The lowest BCUT2D eigenvalue weighted by Crippen LogP contribution is -2.02. The second-order valence-electron chi connectivity index (χ2n) is 3.13. The van der Waals surface area contributed by atoms with E-state index in [0.717, 1.165) is 0 Å². The van der Waals surface area contributed by atoms with Gasteiger partial charge in [0.1, 0.15) is 17.5 Å². The van der Waals surface area contributed by atoms with Crippen LogP contribution in [-0.4, -0.2) is 11.6 Å². The van der Waals surface area contributed by atoms with E-state index in [2.05, 4.69) is 25.7 Å². The molecule has 3 nitrogen and oxygen atoms in total. The summed E-state index contributed by atoms with van der Waals surface area (Å²) in [6.45, 7) is 9.12. The van der Waals surface area contributed by atoms with Crippen molar-refractivity contribution in [3.05, 3.63) is 34.4 Å². The fourth-order valence-corrected chi connectivity index (χ4v) is 1.96. The summed E-state index contributed by atoms with van der Waals surface area (Å²) in [7, 11) is 0. The van der Waals surface area contributed by atoms with Crippen molar-refractivity contribution >= 4 is 26.8 Å². The average Bonchev–Trinajstić information content (AvgIpc) is 2.62. The maximum Gasteiger partial charge on any atom is 0.387 e. The zero-order valence-corrected chi connectivity index (χ0v) is 15.9. The highest BCUT2D eigenvalue weighted by atomic mass is 79.9. The van der Waals surface area contributed by atoms with E-state index < -0.39 is 6.61 Å². The van der Waals surface area contributed by atoms with Crippen LogP contribution < -0.4 is 4.74 Å². The molecule has 0 spiro atoms. The Morgan fingerprint density at radius 1 is 1.04 bits per heavy atom. The molecule has 0 aliphatic heterocycles. The van der Waals surface area contributed by atoms with Crippen LogP contribution in [0.15, 0.2) is 28.7 Å². The van der Waals surface area contributed by atoms with Crippen LogP contribution in [0.3, 0.4) is 0 Å².